The molecular formula is C19H30O5. The van der Waals surface area contributed by atoms with E-state index in [1.807, 2.05) is 6.92 Å². The Morgan fingerprint density at radius 2 is 1.71 bits per heavy atom. The molecule has 0 spiro atoms. The molecule has 0 aromatic carbocycles. The van der Waals surface area contributed by atoms with E-state index in [1.54, 1.807) is 0 Å². The van der Waals surface area contributed by atoms with Crippen LogP contribution in [0.15, 0.2) is 0 Å². The van der Waals surface area contributed by atoms with Gasteiger partial charge in [-0.3, -0.25) is 4.79 Å². The number of fused-ring (bicyclic) bond motifs is 5. The highest BCUT2D eigenvalue weighted by molar-refractivity contribution is 5.87. The Bertz CT molecular complexity index is 564. The van der Waals surface area contributed by atoms with Crippen LogP contribution in [0.4, 0.5) is 0 Å². The fourth-order valence-electron chi connectivity index (χ4n) is 7.10. The lowest BCUT2D eigenvalue weighted by molar-refractivity contribution is -0.293. The summed E-state index contributed by atoms with van der Waals surface area (Å²) < 4.78 is 0. The van der Waals surface area contributed by atoms with Gasteiger partial charge in [-0.15, -0.1) is 0 Å². The topological polar surface area (TPSA) is 98.0 Å². The molecule has 0 amide bonds. The second-order valence-electron chi connectivity index (χ2n) is 9.36. The third-order valence-electron chi connectivity index (χ3n) is 8.63. The predicted molar refractivity (Wildman–Crippen MR) is 87.0 cm³/mol. The van der Waals surface area contributed by atoms with Crippen molar-refractivity contribution < 1.29 is 25.2 Å². The summed E-state index contributed by atoms with van der Waals surface area (Å²) in [7, 11) is 0. The summed E-state index contributed by atoms with van der Waals surface area (Å²) in [6.45, 7) is 3.96. The fraction of sp³-hybridized carbons (Fsp3) is 0.947. The largest absolute Gasteiger partial charge is 0.393 e. The van der Waals surface area contributed by atoms with Gasteiger partial charge in [0.15, 0.2) is 0 Å². The van der Waals surface area contributed by atoms with Crippen molar-refractivity contribution in [2.45, 2.75) is 82.7 Å². The van der Waals surface area contributed by atoms with E-state index in [4.69, 9.17) is 0 Å². The second kappa shape index (κ2) is 5.03. The summed E-state index contributed by atoms with van der Waals surface area (Å²) in [4.78, 5) is 12.4. The van der Waals surface area contributed by atoms with E-state index in [2.05, 4.69) is 6.92 Å². The summed E-state index contributed by atoms with van der Waals surface area (Å²) in [6.07, 6.45) is 1.30. The van der Waals surface area contributed by atoms with E-state index in [-0.39, 0.29) is 36.0 Å². The molecule has 4 N–H and O–H groups in total. The minimum atomic E-state index is -1.46. The Labute approximate surface area is 143 Å². The van der Waals surface area contributed by atoms with Crippen molar-refractivity contribution >= 4 is 5.78 Å². The Hall–Kier alpha value is -0.490. The summed E-state index contributed by atoms with van der Waals surface area (Å²) in [6, 6.07) is 0. The van der Waals surface area contributed by atoms with Crippen LogP contribution in [0.2, 0.25) is 0 Å². The van der Waals surface area contributed by atoms with Crippen LogP contribution in [0.3, 0.4) is 0 Å². The van der Waals surface area contributed by atoms with E-state index in [0.717, 1.165) is 19.3 Å². The first-order valence-electron chi connectivity index (χ1n) is 9.44. The lowest BCUT2D eigenvalue weighted by atomic mass is 9.42. The molecule has 4 aliphatic carbocycles. The Balaban J connectivity index is 1.76. The molecule has 9 atom stereocenters. The van der Waals surface area contributed by atoms with Crippen molar-refractivity contribution in [1.29, 1.82) is 0 Å². The number of aliphatic hydroxyl groups excluding tert-OH is 3. The molecule has 4 rings (SSSR count). The maximum Gasteiger partial charge on any atom is 0.139 e. The van der Waals surface area contributed by atoms with Crippen molar-refractivity contribution in [1.82, 2.24) is 0 Å². The number of rotatable bonds is 0. The molecule has 0 saturated heterocycles. The third kappa shape index (κ3) is 1.82. The molecule has 0 aromatic heterocycles. The van der Waals surface area contributed by atoms with Gasteiger partial charge < -0.3 is 20.4 Å². The number of ketones is 1. The molecule has 0 radical (unpaired) electrons. The minimum Gasteiger partial charge on any atom is -0.393 e. The highest BCUT2D eigenvalue weighted by Crippen LogP contribution is 2.66. The minimum absolute atomic E-state index is 0.0809. The van der Waals surface area contributed by atoms with Gasteiger partial charge in [-0.2, -0.15) is 0 Å². The molecule has 136 valence electrons. The first-order chi connectivity index (χ1) is 11.1. The smallest absolute Gasteiger partial charge is 0.139 e. The van der Waals surface area contributed by atoms with Crippen LogP contribution in [-0.4, -0.2) is 50.1 Å². The van der Waals surface area contributed by atoms with E-state index in [1.165, 1.54) is 0 Å². The summed E-state index contributed by atoms with van der Waals surface area (Å²) in [5.41, 5.74) is -2.59. The average molecular weight is 338 g/mol. The van der Waals surface area contributed by atoms with Gasteiger partial charge in [0.05, 0.1) is 18.3 Å². The number of carbonyl (C=O) groups excluding carboxylic acids is 1. The van der Waals surface area contributed by atoms with Crippen molar-refractivity contribution in [3.8, 4) is 0 Å². The van der Waals surface area contributed by atoms with Gasteiger partial charge in [-0.1, -0.05) is 13.8 Å². The molecule has 0 bridgehead atoms. The van der Waals surface area contributed by atoms with Crippen molar-refractivity contribution in [2.24, 2.45) is 28.6 Å². The SMILES string of the molecule is C[C@]12CC[C@H]3[C@@H](CC(O)C4(O)CC(O)CC(O)[C@]34C)[C@@H]1CCC2=O. The molecule has 5 nitrogen and oxygen atoms in total. The van der Waals surface area contributed by atoms with Gasteiger partial charge in [0, 0.05) is 23.7 Å². The highest BCUT2D eigenvalue weighted by Gasteiger charge is 2.69. The highest BCUT2D eigenvalue weighted by atomic mass is 16.4. The average Bonchev–Trinajstić information content (AvgIpc) is 2.80. The Morgan fingerprint density at radius 3 is 2.42 bits per heavy atom. The maximum absolute atomic E-state index is 12.4. The molecule has 0 aromatic rings. The number of hydrogen-bond donors (Lipinski definition) is 4. The molecule has 5 heteroatoms. The molecule has 24 heavy (non-hydrogen) atoms. The van der Waals surface area contributed by atoms with Crippen LogP contribution >= 0.6 is 0 Å². The molecule has 4 unspecified atom stereocenters. The van der Waals surface area contributed by atoms with Gasteiger partial charge in [-0.05, 0) is 49.9 Å². The van der Waals surface area contributed by atoms with Gasteiger partial charge in [0.2, 0.25) is 0 Å². The van der Waals surface area contributed by atoms with Gasteiger partial charge in [-0.25, -0.2) is 0 Å². The summed E-state index contributed by atoms with van der Waals surface area (Å²) in [5, 5.41) is 43.0. The number of Topliss-reactive ketones (excluding diaryl/α,β-unsaturated/α-hetero) is 1. The quantitative estimate of drug-likeness (QED) is 0.529. The molecule has 0 heterocycles. The molecule has 4 fully saturated rings. The molecule has 4 saturated carbocycles. The van der Waals surface area contributed by atoms with Crippen LogP contribution < -0.4 is 0 Å². The van der Waals surface area contributed by atoms with Crippen molar-refractivity contribution in [2.75, 3.05) is 0 Å². The van der Waals surface area contributed by atoms with Gasteiger partial charge in [0.25, 0.3) is 0 Å². The zero-order valence-corrected chi connectivity index (χ0v) is 14.6. The maximum atomic E-state index is 12.4. The lowest BCUT2D eigenvalue weighted by Gasteiger charge is -2.65. The zero-order chi connectivity index (χ0) is 17.5. The first kappa shape index (κ1) is 17.0. The van der Waals surface area contributed by atoms with Crippen LogP contribution in [0, 0.1) is 28.6 Å². The van der Waals surface area contributed by atoms with Crippen LogP contribution in [0.5, 0.6) is 0 Å². The van der Waals surface area contributed by atoms with Crippen molar-refractivity contribution in [3.63, 3.8) is 0 Å². The first-order valence-corrected chi connectivity index (χ1v) is 9.44. The van der Waals surface area contributed by atoms with E-state index < -0.39 is 29.3 Å². The lowest BCUT2D eigenvalue weighted by Crippen LogP contribution is -2.72. The summed E-state index contributed by atoms with van der Waals surface area (Å²) >= 11 is 0. The summed E-state index contributed by atoms with van der Waals surface area (Å²) in [5.74, 6) is 0.808. The monoisotopic (exact) mass is 338 g/mol. The number of carbonyl (C=O) groups is 1. The molecule has 0 aliphatic heterocycles. The zero-order valence-electron chi connectivity index (χ0n) is 14.6. The number of hydrogen-bond acceptors (Lipinski definition) is 5. The van der Waals surface area contributed by atoms with Crippen LogP contribution in [-0.2, 0) is 4.79 Å². The fourth-order valence-corrected chi connectivity index (χ4v) is 7.10. The van der Waals surface area contributed by atoms with Gasteiger partial charge in [0.1, 0.15) is 11.4 Å². The standard InChI is InChI=1S/C19H30O5/c1-17-6-5-13-11(12(17)3-4-14(17)21)8-16(23)19(24)9-10(20)7-15(22)18(13,19)2/h10-13,15-16,20,22-24H,3-9H2,1-2H3/t10?,11-,12-,13-,15?,16?,17-,18-,19?/m0/s1. The Morgan fingerprint density at radius 1 is 1.00 bits per heavy atom. The normalized spacial score (nSPS) is 60.3. The third-order valence-corrected chi connectivity index (χ3v) is 8.63. The van der Waals surface area contributed by atoms with Crippen LogP contribution in [0.25, 0.3) is 0 Å². The van der Waals surface area contributed by atoms with Gasteiger partial charge >= 0.3 is 0 Å². The van der Waals surface area contributed by atoms with Crippen molar-refractivity contribution in [3.05, 3.63) is 0 Å². The number of aliphatic hydroxyl groups is 4. The van der Waals surface area contributed by atoms with Crippen LogP contribution in [0.1, 0.15) is 58.8 Å². The van der Waals surface area contributed by atoms with E-state index >= 15 is 0 Å². The van der Waals surface area contributed by atoms with E-state index in [0.29, 0.717) is 18.6 Å². The Kier molecular flexibility index (Phi) is 3.55. The predicted octanol–water partition coefficient (Wildman–Crippen LogP) is 1.02. The second-order valence-corrected chi connectivity index (χ2v) is 9.36. The molecular weight excluding hydrogens is 308 g/mol. The molecule has 4 aliphatic rings. The van der Waals surface area contributed by atoms with E-state index in [9.17, 15) is 25.2 Å².